The molecule has 3 rings (SSSR count). The van der Waals surface area contributed by atoms with Crippen molar-refractivity contribution >= 4 is 16.6 Å². The number of benzene rings is 1. The molecule has 0 saturated heterocycles. The maximum Gasteiger partial charge on any atom is 0.0651 e. The van der Waals surface area contributed by atoms with Gasteiger partial charge < -0.3 is 9.88 Å². The predicted octanol–water partition coefficient (Wildman–Crippen LogP) is 3.00. The van der Waals surface area contributed by atoms with Crippen molar-refractivity contribution in [3.8, 4) is 0 Å². The summed E-state index contributed by atoms with van der Waals surface area (Å²) in [4.78, 5) is 0. The van der Waals surface area contributed by atoms with Gasteiger partial charge in [0.15, 0.2) is 0 Å². The lowest BCUT2D eigenvalue weighted by Crippen LogP contribution is -1.98. The third kappa shape index (κ3) is 2.09. The van der Waals surface area contributed by atoms with Crippen LogP contribution in [0, 0.1) is 0 Å². The van der Waals surface area contributed by atoms with Crippen molar-refractivity contribution in [2.45, 2.75) is 20.0 Å². The van der Waals surface area contributed by atoms with E-state index in [2.05, 4.69) is 57.6 Å². The molecule has 0 amide bonds. The smallest absolute Gasteiger partial charge is 0.0651 e. The minimum Gasteiger partial charge on any atom is -0.381 e. The number of nitrogens with one attached hydrogen (secondary N) is 2. The molecule has 0 saturated carbocycles. The number of anilines is 1. The molecule has 0 aliphatic carbocycles. The van der Waals surface area contributed by atoms with Crippen molar-refractivity contribution in [1.29, 1.82) is 0 Å². The number of rotatable bonds is 4. The molecule has 3 aromatic rings. The summed E-state index contributed by atoms with van der Waals surface area (Å²) in [6.45, 7) is 4.00. The molecule has 0 radical (unpaired) electrons. The molecule has 0 unspecified atom stereocenters. The molecule has 0 spiro atoms. The number of aromatic nitrogens is 3. The summed E-state index contributed by atoms with van der Waals surface area (Å²) in [6.07, 6.45) is 6.12. The van der Waals surface area contributed by atoms with Gasteiger partial charge in [0, 0.05) is 36.6 Å². The van der Waals surface area contributed by atoms with Crippen LogP contribution in [-0.2, 0) is 13.1 Å². The summed E-state index contributed by atoms with van der Waals surface area (Å²) in [5.74, 6) is 0. The predicted molar refractivity (Wildman–Crippen MR) is 73.5 cm³/mol. The molecule has 2 heterocycles. The molecular weight excluding hydrogens is 224 g/mol. The van der Waals surface area contributed by atoms with E-state index in [4.69, 9.17) is 0 Å². The molecule has 2 N–H and O–H groups in total. The van der Waals surface area contributed by atoms with Crippen LogP contribution in [0.2, 0.25) is 0 Å². The Morgan fingerprint density at radius 3 is 3.11 bits per heavy atom. The molecule has 2 aromatic heterocycles. The number of hydrogen-bond acceptors (Lipinski definition) is 2. The van der Waals surface area contributed by atoms with Crippen molar-refractivity contribution < 1.29 is 0 Å². The third-order valence-electron chi connectivity index (χ3n) is 3.11. The van der Waals surface area contributed by atoms with E-state index in [-0.39, 0.29) is 0 Å². The lowest BCUT2D eigenvalue weighted by molar-refractivity contribution is 0.766. The monoisotopic (exact) mass is 240 g/mol. The summed E-state index contributed by atoms with van der Waals surface area (Å²) in [5, 5.41) is 11.5. The van der Waals surface area contributed by atoms with E-state index in [1.54, 1.807) is 0 Å². The maximum atomic E-state index is 4.02. The fourth-order valence-corrected chi connectivity index (χ4v) is 2.05. The highest BCUT2D eigenvalue weighted by atomic mass is 15.1. The third-order valence-corrected chi connectivity index (χ3v) is 3.11. The van der Waals surface area contributed by atoms with Crippen LogP contribution in [0.5, 0.6) is 0 Å². The molecule has 1 aromatic carbocycles. The molecule has 0 aliphatic rings. The first kappa shape index (κ1) is 10.9. The van der Waals surface area contributed by atoms with Gasteiger partial charge in [-0.15, -0.1) is 0 Å². The zero-order chi connectivity index (χ0) is 12.4. The molecule has 0 fully saturated rings. The van der Waals surface area contributed by atoms with Gasteiger partial charge in [0.1, 0.15) is 0 Å². The molecule has 0 bridgehead atoms. The average Bonchev–Trinajstić information content (AvgIpc) is 3.04. The van der Waals surface area contributed by atoms with Gasteiger partial charge in [-0.05, 0) is 36.8 Å². The van der Waals surface area contributed by atoms with E-state index in [1.165, 1.54) is 5.56 Å². The lowest BCUT2D eigenvalue weighted by Gasteiger charge is -2.04. The highest BCUT2D eigenvalue weighted by Gasteiger charge is 1.99. The Bertz CT molecular complexity index is 650. The molecule has 18 heavy (non-hydrogen) atoms. The van der Waals surface area contributed by atoms with Crippen molar-refractivity contribution in [2.24, 2.45) is 0 Å². The zero-order valence-corrected chi connectivity index (χ0v) is 10.4. The summed E-state index contributed by atoms with van der Waals surface area (Å²) in [5.41, 5.74) is 3.48. The van der Waals surface area contributed by atoms with Gasteiger partial charge in [-0.3, -0.25) is 5.10 Å². The highest BCUT2D eigenvalue weighted by Crippen LogP contribution is 2.17. The van der Waals surface area contributed by atoms with Crippen LogP contribution in [0.15, 0.2) is 42.9 Å². The fraction of sp³-hybridized carbons (Fsp3) is 0.214. The highest BCUT2D eigenvalue weighted by molar-refractivity contribution is 5.81. The van der Waals surface area contributed by atoms with E-state index in [0.717, 1.165) is 29.7 Å². The van der Waals surface area contributed by atoms with E-state index >= 15 is 0 Å². The Hall–Kier alpha value is -2.23. The number of nitrogens with zero attached hydrogens (tertiary/aromatic N) is 2. The lowest BCUT2D eigenvalue weighted by atomic mass is 10.2. The van der Waals surface area contributed by atoms with E-state index in [0.29, 0.717) is 0 Å². The van der Waals surface area contributed by atoms with Gasteiger partial charge in [-0.25, -0.2) is 0 Å². The quantitative estimate of drug-likeness (QED) is 0.736. The van der Waals surface area contributed by atoms with Crippen LogP contribution in [0.3, 0.4) is 0 Å². The SMILES string of the molecule is CCn1ccc(CNc2ccc3[nH]ncc3c2)c1. The number of aromatic amines is 1. The summed E-state index contributed by atoms with van der Waals surface area (Å²) < 4.78 is 2.18. The molecule has 0 aliphatic heterocycles. The Balaban J connectivity index is 1.72. The van der Waals surface area contributed by atoms with E-state index in [9.17, 15) is 0 Å². The van der Waals surface area contributed by atoms with Crippen LogP contribution in [0.1, 0.15) is 12.5 Å². The topological polar surface area (TPSA) is 45.6 Å². The number of fused-ring (bicyclic) bond motifs is 1. The van der Waals surface area contributed by atoms with Crippen molar-refractivity contribution in [3.63, 3.8) is 0 Å². The maximum absolute atomic E-state index is 4.02. The normalized spacial score (nSPS) is 10.9. The van der Waals surface area contributed by atoms with Crippen molar-refractivity contribution in [1.82, 2.24) is 14.8 Å². The van der Waals surface area contributed by atoms with Gasteiger partial charge in [0.25, 0.3) is 0 Å². The first-order chi connectivity index (χ1) is 8.85. The standard InChI is InChI=1S/C14H16N4/c1-2-18-6-5-11(10-18)8-15-13-3-4-14-12(7-13)9-16-17-14/h3-7,9-10,15H,2,8H2,1H3,(H,16,17). The summed E-state index contributed by atoms with van der Waals surface area (Å²) in [6, 6.07) is 8.36. The number of H-pyrrole nitrogens is 1. The average molecular weight is 240 g/mol. The molecule has 4 heteroatoms. The largest absolute Gasteiger partial charge is 0.381 e. The van der Waals surface area contributed by atoms with Gasteiger partial charge in [-0.2, -0.15) is 5.10 Å². The minimum atomic E-state index is 0.844. The van der Waals surface area contributed by atoms with Gasteiger partial charge in [0.05, 0.1) is 11.7 Å². The zero-order valence-electron chi connectivity index (χ0n) is 10.4. The summed E-state index contributed by atoms with van der Waals surface area (Å²) >= 11 is 0. The van der Waals surface area contributed by atoms with Crippen LogP contribution in [0.25, 0.3) is 10.9 Å². The Morgan fingerprint density at radius 1 is 1.33 bits per heavy atom. The van der Waals surface area contributed by atoms with Gasteiger partial charge >= 0.3 is 0 Å². The first-order valence-electron chi connectivity index (χ1n) is 6.17. The summed E-state index contributed by atoms with van der Waals surface area (Å²) in [7, 11) is 0. The van der Waals surface area contributed by atoms with Crippen molar-refractivity contribution in [3.05, 3.63) is 48.4 Å². The second kappa shape index (κ2) is 4.56. The van der Waals surface area contributed by atoms with Gasteiger partial charge in [-0.1, -0.05) is 0 Å². The van der Waals surface area contributed by atoms with Crippen LogP contribution in [-0.4, -0.2) is 14.8 Å². The molecule has 0 atom stereocenters. The molecular formula is C14H16N4. The first-order valence-corrected chi connectivity index (χ1v) is 6.17. The Kier molecular flexibility index (Phi) is 2.76. The second-order valence-corrected chi connectivity index (χ2v) is 4.38. The number of aryl methyl sites for hydroxylation is 1. The fourth-order valence-electron chi connectivity index (χ4n) is 2.05. The molecule has 4 nitrogen and oxygen atoms in total. The van der Waals surface area contributed by atoms with Crippen LogP contribution in [0.4, 0.5) is 5.69 Å². The van der Waals surface area contributed by atoms with E-state index < -0.39 is 0 Å². The van der Waals surface area contributed by atoms with Gasteiger partial charge in [0.2, 0.25) is 0 Å². The molecule has 92 valence electrons. The van der Waals surface area contributed by atoms with Crippen molar-refractivity contribution in [2.75, 3.05) is 5.32 Å². The Labute approximate surface area is 106 Å². The second-order valence-electron chi connectivity index (χ2n) is 4.38. The number of hydrogen-bond donors (Lipinski definition) is 2. The Morgan fingerprint density at radius 2 is 2.28 bits per heavy atom. The van der Waals surface area contributed by atoms with Crippen LogP contribution >= 0.6 is 0 Å². The minimum absolute atomic E-state index is 0.844. The van der Waals surface area contributed by atoms with Crippen LogP contribution < -0.4 is 5.32 Å². The van der Waals surface area contributed by atoms with E-state index in [1.807, 2.05) is 12.3 Å².